The van der Waals surface area contributed by atoms with Crippen molar-refractivity contribution in [2.45, 2.75) is 27.7 Å². The first-order valence-electron chi connectivity index (χ1n) is 3.53. The van der Waals surface area contributed by atoms with Gasteiger partial charge in [0.25, 0.3) is 0 Å². The number of nitrogens with one attached hydrogen (secondary N) is 1. The van der Waals surface area contributed by atoms with Crippen LogP contribution in [0.4, 0.5) is 0 Å². The summed E-state index contributed by atoms with van der Waals surface area (Å²) in [5.41, 5.74) is 0. The summed E-state index contributed by atoms with van der Waals surface area (Å²) in [5, 5.41) is 0. The van der Waals surface area contributed by atoms with Gasteiger partial charge >= 0.3 is 0 Å². The maximum Gasteiger partial charge on any atom is 0.0968 e. The van der Waals surface area contributed by atoms with E-state index in [4.69, 9.17) is 0 Å². The Morgan fingerprint density at radius 2 is 1.80 bits per heavy atom. The predicted molar refractivity (Wildman–Crippen MR) is 54.0 cm³/mol. The molecule has 0 amide bonds. The predicted octanol–water partition coefficient (Wildman–Crippen LogP) is 3.07. The minimum Gasteiger partial charge on any atom is -0.340 e. The van der Waals surface area contributed by atoms with Gasteiger partial charge in [-0.1, -0.05) is 27.7 Å². The lowest BCUT2D eigenvalue weighted by molar-refractivity contribution is 1.30. The van der Waals surface area contributed by atoms with Crippen molar-refractivity contribution >= 4 is 22.6 Å². The Labute approximate surface area is 76.6 Å². The smallest absolute Gasteiger partial charge is 0.0968 e. The van der Waals surface area contributed by atoms with Crippen molar-refractivity contribution < 1.29 is 0 Å². The highest BCUT2D eigenvalue weighted by atomic mass is 127. The minimum absolute atomic E-state index is 1.08. The van der Waals surface area contributed by atoms with E-state index in [9.17, 15) is 0 Å². The number of H-pyrrole nitrogens is 1. The molecule has 0 atom stereocenters. The highest BCUT2D eigenvalue weighted by Gasteiger charge is 1.76. The molecule has 0 unspecified atom stereocenters. The van der Waals surface area contributed by atoms with Gasteiger partial charge in [0.05, 0.1) is 16.2 Å². The number of hydrogen-bond acceptors (Lipinski definition) is 1. The quantitative estimate of drug-likeness (QED) is 0.708. The zero-order valence-electron chi connectivity index (χ0n) is 6.98. The molecule has 1 aromatic rings. The van der Waals surface area contributed by atoms with Crippen LogP contribution >= 0.6 is 22.6 Å². The molecule has 0 spiro atoms. The van der Waals surface area contributed by atoms with E-state index in [-0.39, 0.29) is 0 Å². The molecule has 0 fully saturated rings. The maximum atomic E-state index is 3.76. The first kappa shape index (κ1) is 12.6. The highest BCUT2D eigenvalue weighted by Crippen LogP contribution is 1.92. The summed E-state index contributed by atoms with van der Waals surface area (Å²) in [5.74, 6) is 0. The van der Waals surface area contributed by atoms with Crippen molar-refractivity contribution in [3.63, 3.8) is 0 Å². The van der Waals surface area contributed by atoms with Gasteiger partial charge in [0.1, 0.15) is 0 Å². The lowest BCUT2D eigenvalue weighted by Crippen LogP contribution is -1.57. The fourth-order valence-electron chi connectivity index (χ4n) is 0.239. The Morgan fingerprint density at radius 3 is 1.90 bits per heavy atom. The van der Waals surface area contributed by atoms with E-state index in [1.54, 1.807) is 12.5 Å². The molecule has 1 rings (SSSR count). The Morgan fingerprint density at radius 1 is 1.30 bits per heavy atom. The van der Waals surface area contributed by atoms with Gasteiger partial charge in [-0.25, -0.2) is 4.98 Å². The Hall–Kier alpha value is -0.0600. The second-order valence-electron chi connectivity index (χ2n) is 0.900. The average Bonchev–Trinajstić information content (AvgIpc) is 2.48. The van der Waals surface area contributed by atoms with Gasteiger partial charge in [0, 0.05) is 0 Å². The minimum atomic E-state index is 1.08. The third kappa shape index (κ3) is 7.94. The van der Waals surface area contributed by atoms with Crippen LogP contribution in [0, 0.1) is 3.70 Å². The summed E-state index contributed by atoms with van der Waals surface area (Å²) in [6.07, 6.45) is 3.42. The van der Waals surface area contributed by atoms with Crippen molar-refractivity contribution in [1.29, 1.82) is 0 Å². The molecular formula is C7H15IN2. The largest absolute Gasteiger partial charge is 0.340 e. The molecule has 0 radical (unpaired) electrons. The number of imidazole rings is 1. The maximum absolute atomic E-state index is 3.76. The van der Waals surface area contributed by atoms with Crippen molar-refractivity contribution in [2.24, 2.45) is 0 Å². The molecule has 10 heavy (non-hydrogen) atoms. The Balaban J connectivity index is 0. The molecule has 1 heterocycles. The third-order valence-electron chi connectivity index (χ3n) is 0.465. The number of halogens is 1. The highest BCUT2D eigenvalue weighted by molar-refractivity contribution is 14.1. The van der Waals surface area contributed by atoms with Crippen LogP contribution in [-0.4, -0.2) is 9.97 Å². The van der Waals surface area contributed by atoms with Gasteiger partial charge in [0.15, 0.2) is 0 Å². The SMILES string of the molecule is CC.CC.Ic1cnc[nH]1. The van der Waals surface area contributed by atoms with Crippen LogP contribution < -0.4 is 0 Å². The van der Waals surface area contributed by atoms with Gasteiger partial charge < -0.3 is 4.98 Å². The summed E-state index contributed by atoms with van der Waals surface area (Å²) in [6, 6.07) is 0. The molecule has 60 valence electrons. The van der Waals surface area contributed by atoms with Gasteiger partial charge in [-0.2, -0.15) is 0 Å². The Bertz CT molecular complexity index is 115. The van der Waals surface area contributed by atoms with Crippen LogP contribution in [0.3, 0.4) is 0 Å². The van der Waals surface area contributed by atoms with Crippen LogP contribution in [-0.2, 0) is 0 Å². The molecule has 0 saturated carbocycles. The normalized spacial score (nSPS) is 6.50. The van der Waals surface area contributed by atoms with Crippen LogP contribution in [0.5, 0.6) is 0 Å². The van der Waals surface area contributed by atoms with E-state index in [0.29, 0.717) is 0 Å². The van der Waals surface area contributed by atoms with Gasteiger partial charge in [-0.15, -0.1) is 0 Å². The van der Waals surface area contributed by atoms with Crippen LogP contribution in [0.25, 0.3) is 0 Å². The molecule has 0 bridgehead atoms. The summed E-state index contributed by atoms with van der Waals surface area (Å²) in [4.78, 5) is 6.63. The first-order valence-corrected chi connectivity index (χ1v) is 4.61. The van der Waals surface area contributed by atoms with E-state index in [2.05, 4.69) is 32.6 Å². The topological polar surface area (TPSA) is 28.7 Å². The van der Waals surface area contributed by atoms with Crippen LogP contribution in [0.2, 0.25) is 0 Å². The lowest BCUT2D eigenvalue weighted by Gasteiger charge is -1.64. The molecule has 1 aromatic heterocycles. The molecule has 0 aliphatic carbocycles. The van der Waals surface area contributed by atoms with Crippen LogP contribution in [0.15, 0.2) is 12.5 Å². The number of aromatic amines is 1. The number of hydrogen-bond donors (Lipinski definition) is 1. The molecule has 0 aromatic carbocycles. The molecule has 0 aliphatic heterocycles. The molecule has 2 nitrogen and oxygen atoms in total. The van der Waals surface area contributed by atoms with Gasteiger partial charge in [0.2, 0.25) is 0 Å². The van der Waals surface area contributed by atoms with E-state index >= 15 is 0 Å². The summed E-state index contributed by atoms with van der Waals surface area (Å²) >= 11 is 2.16. The van der Waals surface area contributed by atoms with Crippen molar-refractivity contribution in [1.82, 2.24) is 9.97 Å². The van der Waals surface area contributed by atoms with E-state index < -0.39 is 0 Å². The van der Waals surface area contributed by atoms with Crippen LogP contribution in [0.1, 0.15) is 27.7 Å². The fourth-order valence-corrected chi connectivity index (χ4v) is 0.539. The molecule has 3 heteroatoms. The number of aromatic nitrogens is 2. The Kier molecular flexibility index (Phi) is 14.7. The zero-order valence-corrected chi connectivity index (χ0v) is 9.14. The van der Waals surface area contributed by atoms with Gasteiger partial charge in [-0.3, -0.25) is 0 Å². The van der Waals surface area contributed by atoms with E-state index in [1.807, 2.05) is 27.7 Å². The fraction of sp³-hybridized carbons (Fsp3) is 0.571. The second kappa shape index (κ2) is 11.7. The molecule has 1 N–H and O–H groups in total. The summed E-state index contributed by atoms with van der Waals surface area (Å²) in [7, 11) is 0. The second-order valence-corrected chi connectivity index (χ2v) is 2.06. The summed E-state index contributed by atoms with van der Waals surface area (Å²) < 4.78 is 1.08. The lowest BCUT2D eigenvalue weighted by atomic mass is 11.0. The summed E-state index contributed by atoms with van der Waals surface area (Å²) in [6.45, 7) is 8.00. The van der Waals surface area contributed by atoms with Crippen molar-refractivity contribution in [3.05, 3.63) is 16.2 Å². The number of nitrogens with zero attached hydrogens (tertiary/aromatic N) is 1. The standard InChI is InChI=1S/C3H3IN2.2C2H6/c4-3-1-5-2-6-3;2*1-2/h1-2H,(H,5,6);2*1-2H3. The zero-order chi connectivity index (χ0) is 8.41. The third-order valence-corrected chi connectivity index (χ3v) is 1.05. The molecule has 0 saturated heterocycles. The van der Waals surface area contributed by atoms with E-state index in [0.717, 1.165) is 3.70 Å². The first-order chi connectivity index (χ1) is 4.89. The van der Waals surface area contributed by atoms with E-state index in [1.165, 1.54) is 0 Å². The van der Waals surface area contributed by atoms with Gasteiger partial charge in [-0.05, 0) is 22.6 Å². The molecule has 0 aliphatic rings. The van der Waals surface area contributed by atoms with Crippen molar-refractivity contribution in [2.75, 3.05) is 0 Å². The number of rotatable bonds is 0. The average molecular weight is 254 g/mol. The molecular weight excluding hydrogens is 239 g/mol. The van der Waals surface area contributed by atoms with Crippen molar-refractivity contribution in [3.8, 4) is 0 Å². The monoisotopic (exact) mass is 254 g/mol.